The van der Waals surface area contributed by atoms with Crippen LogP contribution in [-0.2, 0) is 4.79 Å². The fraction of sp³-hybridized carbons (Fsp3) is 0.0909. The number of carbonyl (C=O) groups is 2. The van der Waals surface area contributed by atoms with Crippen LogP contribution in [0.4, 0.5) is 5.69 Å². The summed E-state index contributed by atoms with van der Waals surface area (Å²) in [6.07, 6.45) is 0.210. The van der Waals surface area contributed by atoms with E-state index in [1.807, 2.05) is 72.8 Å². The summed E-state index contributed by atoms with van der Waals surface area (Å²) in [6.45, 7) is 0.285. The molecular weight excluding hydrogens is 324 g/mol. The van der Waals surface area contributed by atoms with Gasteiger partial charge in [0.15, 0.2) is 0 Å². The van der Waals surface area contributed by atoms with Gasteiger partial charge in [0, 0.05) is 29.8 Å². The molecule has 3 aromatic rings. The van der Waals surface area contributed by atoms with Gasteiger partial charge in [-0.1, -0.05) is 66.7 Å². The molecule has 4 heteroatoms. The highest BCUT2D eigenvalue weighted by atomic mass is 16.2. The quantitative estimate of drug-likeness (QED) is 0.707. The molecule has 2 N–H and O–H groups in total. The molecular formula is C22H20N2O2. The predicted octanol–water partition coefficient (Wildman–Crippen LogP) is 4.11. The van der Waals surface area contributed by atoms with Gasteiger partial charge in [0.25, 0.3) is 5.91 Å². The standard InChI is InChI=1S/C22H20N2O2/c25-21(15-16-23-22(26)18-11-5-2-6-12-18)24-20-14-8-7-13-19(20)17-9-3-1-4-10-17/h1-14H,15-16H2,(H,23,26)(H,24,25). The van der Waals surface area contributed by atoms with Crippen LogP contribution >= 0.6 is 0 Å². The van der Waals surface area contributed by atoms with Crippen molar-refractivity contribution in [2.24, 2.45) is 0 Å². The molecule has 3 rings (SSSR count). The van der Waals surface area contributed by atoms with Crippen LogP contribution in [0.15, 0.2) is 84.9 Å². The Bertz CT molecular complexity index is 877. The molecule has 0 fully saturated rings. The van der Waals surface area contributed by atoms with Gasteiger partial charge < -0.3 is 10.6 Å². The van der Waals surface area contributed by atoms with E-state index in [2.05, 4.69) is 10.6 Å². The predicted molar refractivity (Wildman–Crippen MR) is 104 cm³/mol. The average molecular weight is 344 g/mol. The number of nitrogens with one attached hydrogen (secondary N) is 2. The molecule has 2 amide bonds. The monoisotopic (exact) mass is 344 g/mol. The zero-order valence-electron chi connectivity index (χ0n) is 14.3. The first-order valence-electron chi connectivity index (χ1n) is 8.51. The molecule has 26 heavy (non-hydrogen) atoms. The van der Waals surface area contributed by atoms with E-state index in [0.29, 0.717) is 5.56 Å². The number of amides is 2. The van der Waals surface area contributed by atoms with Crippen molar-refractivity contribution in [1.82, 2.24) is 5.32 Å². The lowest BCUT2D eigenvalue weighted by Gasteiger charge is -2.11. The van der Waals surface area contributed by atoms with Crippen LogP contribution < -0.4 is 10.6 Å². The van der Waals surface area contributed by atoms with Gasteiger partial charge in [-0.2, -0.15) is 0 Å². The van der Waals surface area contributed by atoms with Crippen molar-refractivity contribution in [2.75, 3.05) is 11.9 Å². The highest BCUT2D eigenvalue weighted by molar-refractivity contribution is 5.97. The lowest BCUT2D eigenvalue weighted by atomic mass is 10.0. The molecule has 130 valence electrons. The Labute approximate surface area is 152 Å². The first-order chi connectivity index (χ1) is 12.7. The van der Waals surface area contributed by atoms with E-state index in [4.69, 9.17) is 0 Å². The van der Waals surface area contributed by atoms with Gasteiger partial charge in [-0.15, -0.1) is 0 Å². The number of hydrogen-bond donors (Lipinski definition) is 2. The van der Waals surface area contributed by atoms with E-state index in [1.165, 1.54) is 0 Å². The summed E-state index contributed by atoms with van der Waals surface area (Å²) < 4.78 is 0. The smallest absolute Gasteiger partial charge is 0.251 e. The Morgan fingerprint density at radius 3 is 2.08 bits per heavy atom. The molecule has 0 unspecified atom stereocenters. The third-order valence-electron chi connectivity index (χ3n) is 3.96. The van der Waals surface area contributed by atoms with Crippen LogP contribution in [0.5, 0.6) is 0 Å². The second-order valence-corrected chi connectivity index (χ2v) is 5.83. The molecule has 0 atom stereocenters. The largest absolute Gasteiger partial charge is 0.352 e. The number of carbonyl (C=O) groups excluding carboxylic acids is 2. The third-order valence-corrected chi connectivity index (χ3v) is 3.96. The van der Waals surface area contributed by atoms with Gasteiger partial charge in [0.05, 0.1) is 0 Å². The van der Waals surface area contributed by atoms with E-state index in [-0.39, 0.29) is 24.8 Å². The van der Waals surface area contributed by atoms with Gasteiger partial charge >= 0.3 is 0 Å². The topological polar surface area (TPSA) is 58.2 Å². The molecule has 0 aliphatic carbocycles. The first-order valence-corrected chi connectivity index (χ1v) is 8.51. The molecule has 0 radical (unpaired) electrons. The molecule has 4 nitrogen and oxygen atoms in total. The summed E-state index contributed by atoms with van der Waals surface area (Å²) in [5.41, 5.74) is 3.36. The lowest BCUT2D eigenvalue weighted by molar-refractivity contribution is -0.116. The Morgan fingerprint density at radius 1 is 0.731 bits per heavy atom. The van der Waals surface area contributed by atoms with Gasteiger partial charge in [0.2, 0.25) is 5.91 Å². The minimum atomic E-state index is -0.178. The maximum absolute atomic E-state index is 12.3. The number of hydrogen-bond acceptors (Lipinski definition) is 2. The van der Waals surface area contributed by atoms with Gasteiger partial charge in [0.1, 0.15) is 0 Å². The minimum absolute atomic E-state index is 0.137. The van der Waals surface area contributed by atoms with E-state index >= 15 is 0 Å². The summed E-state index contributed by atoms with van der Waals surface area (Å²) in [7, 11) is 0. The Kier molecular flexibility index (Phi) is 5.78. The van der Waals surface area contributed by atoms with Crippen molar-refractivity contribution in [3.63, 3.8) is 0 Å². The minimum Gasteiger partial charge on any atom is -0.352 e. The van der Waals surface area contributed by atoms with Crippen molar-refractivity contribution in [3.05, 3.63) is 90.5 Å². The van der Waals surface area contributed by atoms with Crippen LogP contribution in [0, 0.1) is 0 Å². The van der Waals surface area contributed by atoms with Crippen molar-refractivity contribution < 1.29 is 9.59 Å². The Balaban J connectivity index is 1.57. The maximum Gasteiger partial charge on any atom is 0.251 e. The second kappa shape index (κ2) is 8.62. The molecule has 0 aliphatic heterocycles. The highest BCUT2D eigenvalue weighted by Crippen LogP contribution is 2.27. The van der Waals surface area contributed by atoms with E-state index in [0.717, 1.165) is 16.8 Å². The number of benzene rings is 3. The SMILES string of the molecule is O=C(CCNC(=O)c1ccccc1)Nc1ccccc1-c1ccccc1. The van der Waals surface area contributed by atoms with Crippen LogP contribution in [0.25, 0.3) is 11.1 Å². The number of rotatable bonds is 6. The summed E-state index contributed by atoms with van der Waals surface area (Å²) in [6, 6.07) is 26.5. The van der Waals surface area contributed by atoms with Crippen molar-refractivity contribution in [1.29, 1.82) is 0 Å². The Hall–Kier alpha value is -3.40. The van der Waals surface area contributed by atoms with E-state index in [9.17, 15) is 9.59 Å². The Morgan fingerprint density at radius 2 is 1.35 bits per heavy atom. The second-order valence-electron chi connectivity index (χ2n) is 5.83. The number of anilines is 1. The van der Waals surface area contributed by atoms with Gasteiger partial charge in [-0.25, -0.2) is 0 Å². The van der Waals surface area contributed by atoms with Crippen molar-refractivity contribution in [2.45, 2.75) is 6.42 Å². The summed E-state index contributed by atoms with van der Waals surface area (Å²) in [5, 5.41) is 5.69. The summed E-state index contributed by atoms with van der Waals surface area (Å²) in [4.78, 5) is 24.2. The van der Waals surface area contributed by atoms with Gasteiger partial charge in [-0.3, -0.25) is 9.59 Å². The lowest BCUT2D eigenvalue weighted by Crippen LogP contribution is -2.27. The van der Waals surface area contributed by atoms with Gasteiger partial charge in [-0.05, 0) is 23.8 Å². The molecule has 3 aromatic carbocycles. The molecule has 0 aromatic heterocycles. The molecule has 0 heterocycles. The first kappa shape index (κ1) is 17.4. The van der Waals surface area contributed by atoms with Crippen molar-refractivity contribution >= 4 is 17.5 Å². The highest BCUT2D eigenvalue weighted by Gasteiger charge is 2.09. The van der Waals surface area contributed by atoms with Crippen LogP contribution in [0.1, 0.15) is 16.8 Å². The summed E-state index contributed by atoms with van der Waals surface area (Å²) in [5.74, 6) is -0.315. The normalized spacial score (nSPS) is 10.2. The summed E-state index contributed by atoms with van der Waals surface area (Å²) >= 11 is 0. The fourth-order valence-corrected chi connectivity index (χ4v) is 2.66. The maximum atomic E-state index is 12.3. The number of para-hydroxylation sites is 1. The van der Waals surface area contributed by atoms with Crippen LogP contribution in [-0.4, -0.2) is 18.4 Å². The van der Waals surface area contributed by atoms with E-state index < -0.39 is 0 Å². The third kappa shape index (κ3) is 4.57. The average Bonchev–Trinajstić information content (AvgIpc) is 2.69. The molecule has 0 spiro atoms. The molecule has 0 aliphatic rings. The van der Waals surface area contributed by atoms with Crippen LogP contribution in [0.3, 0.4) is 0 Å². The molecule has 0 bridgehead atoms. The van der Waals surface area contributed by atoms with Crippen LogP contribution in [0.2, 0.25) is 0 Å². The zero-order chi connectivity index (χ0) is 18.2. The zero-order valence-corrected chi connectivity index (χ0v) is 14.3. The molecule has 0 saturated heterocycles. The fourth-order valence-electron chi connectivity index (χ4n) is 2.66. The van der Waals surface area contributed by atoms with Crippen molar-refractivity contribution in [3.8, 4) is 11.1 Å². The van der Waals surface area contributed by atoms with E-state index in [1.54, 1.807) is 12.1 Å². The molecule has 0 saturated carbocycles.